The standard InChI is InChI=1S/C15H21NO3/c1-18-15(17)6-3-9-19-12-8-7-11-4-2-5-14(16)13(11)10-12/h7-8,10,14H,2-6,9,16H2,1H3. The van der Waals surface area contributed by atoms with E-state index in [4.69, 9.17) is 10.5 Å². The molecule has 1 aromatic carbocycles. The maximum atomic E-state index is 11.0. The van der Waals surface area contributed by atoms with Gasteiger partial charge in [0.25, 0.3) is 0 Å². The third-order valence-electron chi connectivity index (χ3n) is 3.50. The fourth-order valence-corrected chi connectivity index (χ4v) is 2.41. The second kappa shape index (κ2) is 6.57. The van der Waals surface area contributed by atoms with E-state index in [0.717, 1.165) is 25.0 Å². The number of carbonyl (C=O) groups is 1. The summed E-state index contributed by atoms with van der Waals surface area (Å²) in [6.07, 6.45) is 4.36. The molecule has 1 aliphatic carbocycles. The molecule has 1 atom stereocenters. The van der Waals surface area contributed by atoms with Gasteiger partial charge in [0.2, 0.25) is 0 Å². The molecule has 0 radical (unpaired) electrons. The van der Waals surface area contributed by atoms with Crippen molar-refractivity contribution < 1.29 is 14.3 Å². The zero-order valence-electron chi connectivity index (χ0n) is 11.4. The van der Waals surface area contributed by atoms with Gasteiger partial charge in [0.05, 0.1) is 13.7 Å². The van der Waals surface area contributed by atoms with Gasteiger partial charge in [-0.3, -0.25) is 4.79 Å². The third-order valence-corrected chi connectivity index (χ3v) is 3.50. The number of hydrogen-bond acceptors (Lipinski definition) is 4. The van der Waals surface area contributed by atoms with Crippen LogP contribution in [0.25, 0.3) is 0 Å². The highest BCUT2D eigenvalue weighted by Crippen LogP contribution is 2.30. The summed E-state index contributed by atoms with van der Waals surface area (Å²) in [4.78, 5) is 11.0. The molecule has 19 heavy (non-hydrogen) atoms. The lowest BCUT2D eigenvalue weighted by Gasteiger charge is -2.22. The van der Waals surface area contributed by atoms with Gasteiger partial charge in [-0.1, -0.05) is 6.07 Å². The Morgan fingerprint density at radius 1 is 1.47 bits per heavy atom. The Labute approximate surface area is 113 Å². The summed E-state index contributed by atoms with van der Waals surface area (Å²) < 4.78 is 10.2. The first kappa shape index (κ1) is 13.9. The first-order chi connectivity index (χ1) is 9.20. The number of nitrogens with two attached hydrogens (primary N) is 1. The Kier molecular flexibility index (Phi) is 4.80. The summed E-state index contributed by atoms with van der Waals surface area (Å²) in [7, 11) is 1.40. The molecule has 0 spiro atoms. The average Bonchev–Trinajstić information content (AvgIpc) is 2.44. The number of rotatable bonds is 5. The summed E-state index contributed by atoms with van der Waals surface area (Å²) in [5.74, 6) is 0.636. The molecule has 104 valence electrons. The van der Waals surface area contributed by atoms with Crippen molar-refractivity contribution in [1.29, 1.82) is 0 Å². The lowest BCUT2D eigenvalue weighted by molar-refractivity contribution is -0.140. The van der Waals surface area contributed by atoms with Crippen LogP contribution in [-0.2, 0) is 16.0 Å². The topological polar surface area (TPSA) is 61.5 Å². The second-order valence-corrected chi connectivity index (χ2v) is 4.89. The molecule has 1 unspecified atom stereocenters. The SMILES string of the molecule is COC(=O)CCCOc1ccc2c(c1)C(N)CCC2. The molecule has 0 saturated carbocycles. The molecule has 2 rings (SSSR count). The van der Waals surface area contributed by atoms with Gasteiger partial charge in [-0.05, 0) is 48.9 Å². The van der Waals surface area contributed by atoms with E-state index in [-0.39, 0.29) is 12.0 Å². The number of aryl methyl sites for hydroxylation is 1. The van der Waals surface area contributed by atoms with E-state index in [1.807, 2.05) is 12.1 Å². The predicted octanol–water partition coefficient (Wildman–Crippen LogP) is 2.35. The van der Waals surface area contributed by atoms with Gasteiger partial charge in [-0.2, -0.15) is 0 Å². The molecule has 0 amide bonds. The minimum atomic E-state index is -0.198. The van der Waals surface area contributed by atoms with Crippen LogP contribution >= 0.6 is 0 Å². The zero-order chi connectivity index (χ0) is 13.7. The summed E-state index contributed by atoms with van der Waals surface area (Å²) in [6.45, 7) is 0.517. The normalized spacial score (nSPS) is 17.7. The van der Waals surface area contributed by atoms with E-state index in [1.54, 1.807) is 0 Å². The third kappa shape index (κ3) is 3.70. The lowest BCUT2D eigenvalue weighted by atomic mass is 9.88. The minimum absolute atomic E-state index is 0.127. The van der Waals surface area contributed by atoms with Crippen molar-refractivity contribution in [3.05, 3.63) is 29.3 Å². The fraction of sp³-hybridized carbons (Fsp3) is 0.533. The van der Waals surface area contributed by atoms with Gasteiger partial charge in [-0.25, -0.2) is 0 Å². The zero-order valence-corrected chi connectivity index (χ0v) is 11.4. The quantitative estimate of drug-likeness (QED) is 0.654. The molecular formula is C15H21NO3. The first-order valence-electron chi connectivity index (χ1n) is 6.78. The van der Waals surface area contributed by atoms with Gasteiger partial charge >= 0.3 is 5.97 Å². The number of carbonyl (C=O) groups excluding carboxylic acids is 1. The number of esters is 1. The molecule has 4 nitrogen and oxygen atoms in total. The minimum Gasteiger partial charge on any atom is -0.494 e. The van der Waals surface area contributed by atoms with Crippen molar-refractivity contribution in [2.75, 3.05) is 13.7 Å². The van der Waals surface area contributed by atoms with Crippen molar-refractivity contribution in [2.45, 2.75) is 38.1 Å². The molecule has 0 aromatic heterocycles. The fourth-order valence-electron chi connectivity index (χ4n) is 2.41. The van der Waals surface area contributed by atoms with E-state index >= 15 is 0 Å². The van der Waals surface area contributed by atoms with E-state index in [9.17, 15) is 4.79 Å². The van der Waals surface area contributed by atoms with Crippen LogP contribution in [0.15, 0.2) is 18.2 Å². The van der Waals surface area contributed by atoms with Crippen molar-refractivity contribution in [1.82, 2.24) is 0 Å². The number of methoxy groups -OCH3 is 1. The summed E-state index contributed by atoms with van der Waals surface area (Å²) in [6, 6.07) is 6.25. The highest BCUT2D eigenvalue weighted by molar-refractivity contribution is 5.69. The highest BCUT2D eigenvalue weighted by atomic mass is 16.5. The Bertz CT molecular complexity index is 445. The molecule has 2 N–H and O–H groups in total. The van der Waals surface area contributed by atoms with E-state index in [1.165, 1.54) is 18.2 Å². The van der Waals surface area contributed by atoms with Crippen LogP contribution in [0.2, 0.25) is 0 Å². The van der Waals surface area contributed by atoms with E-state index < -0.39 is 0 Å². The second-order valence-electron chi connectivity index (χ2n) is 4.89. The maximum Gasteiger partial charge on any atom is 0.305 e. The molecule has 0 heterocycles. The van der Waals surface area contributed by atoms with Crippen LogP contribution in [0.4, 0.5) is 0 Å². The van der Waals surface area contributed by atoms with Crippen LogP contribution in [0.5, 0.6) is 5.75 Å². The Balaban J connectivity index is 1.88. The lowest BCUT2D eigenvalue weighted by Crippen LogP contribution is -2.17. The Hall–Kier alpha value is -1.55. The first-order valence-corrected chi connectivity index (χ1v) is 6.78. The van der Waals surface area contributed by atoms with Gasteiger partial charge < -0.3 is 15.2 Å². The number of fused-ring (bicyclic) bond motifs is 1. The summed E-state index contributed by atoms with van der Waals surface area (Å²) in [5, 5.41) is 0. The van der Waals surface area contributed by atoms with Crippen molar-refractivity contribution >= 4 is 5.97 Å². The van der Waals surface area contributed by atoms with Crippen LogP contribution in [0.1, 0.15) is 42.9 Å². The van der Waals surface area contributed by atoms with Gasteiger partial charge in [-0.15, -0.1) is 0 Å². The maximum absolute atomic E-state index is 11.0. The predicted molar refractivity (Wildman–Crippen MR) is 73.1 cm³/mol. The van der Waals surface area contributed by atoms with Crippen molar-refractivity contribution in [2.24, 2.45) is 5.73 Å². The molecule has 4 heteroatoms. The number of ether oxygens (including phenoxy) is 2. The van der Waals surface area contributed by atoms with E-state index in [0.29, 0.717) is 19.4 Å². The molecule has 1 aliphatic rings. The molecular weight excluding hydrogens is 242 g/mol. The smallest absolute Gasteiger partial charge is 0.305 e. The van der Waals surface area contributed by atoms with Crippen LogP contribution in [0, 0.1) is 0 Å². The van der Waals surface area contributed by atoms with Crippen molar-refractivity contribution in [3.63, 3.8) is 0 Å². The highest BCUT2D eigenvalue weighted by Gasteiger charge is 2.17. The van der Waals surface area contributed by atoms with Crippen LogP contribution < -0.4 is 10.5 Å². The van der Waals surface area contributed by atoms with Crippen molar-refractivity contribution in [3.8, 4) is 5.75 Å². The number of benzene rings is 1. The Morgan fingerprint density at radius 3 is 3.11 bits per heavy atom. The Morgan fingerprint density at radius 2 is 2.32 bits per heavy atom. The number of hydrogen-bond donors (Lipinski definition) is 1. The van der Waals surface area contributed by atoms with Crippen LogP contribution in [0.3, 0.4) is 0 Å². The van der Waals surface area contributed by atoms with Gasteiger partial charge in [0.15, 0.2) is 0 Å². The monoisotopic (exact) mass is 263 g/mol. The largest absolute Gasteiger partial charge is 0.494 e. The molecule has 0 bridgehead atoms. The summed E-state index contributed by atoms with van der Waals surface area (Å²) >= 11 is 0. The molecule has 1 aromatic rings. The van der Waals surface area contributed by atoms with Crippen LogP contribution in [-0.4, -0.2) is 19.7 Å². The van der Waals surface area contributed by atoms with Gasteiger partial charge in [0.1, 0.15) is 5.75 Å². The van der Waals surface area contributed by atoms with E-state index in [2.05, 4.69) is 10.8 Å². The molecule has 0 saturated heterocycles. The van der Waals surface area contributed by atoms with Gasteiger partial charge in [0, 0.05) is 12.5 Å². The molecule has 0 aliphatic heterocycles. The molecule has 0 fully saturated rings. The average molecular weight is 263 g/mol. The summed E-state index contributed by atoms with van der Waals surface area (Å²) in [5.41, 5.74) is 8.65.